The number of benzene rings is 2. The Morgan fingerprint density at radius 1 is 1.05 bits per heavy atom. The molecule has 0 saturated heterocycles. The van der Waals surface area contributed by atoms with Gasteiger partial charge in [0.05, 0.1) is 14.1 Å². The van der Waals surface area contributed by atoms with Gasteiger partial charge in [0.1, 0.15) is 0 Å². The number of nitrogens with one attached hydrogen (secondary N) is 1. The molecule has 0 spiro atoms. The van der Waals surface area contributed by atoms with Crippen molar-refractivity contribution in [2.45, 2.75) is 6.18 Å². The molecule has 1 N–H and O–H groups in total. The van der Waals surface area contributed by atoms with Crippen molar-refractivity contribution in [3.8, 4) is 0 Å². The van der Waals surface area contributed by atoms with E-state index in [0.29, 0.717) is 14.9 Å². The zero-order chi connectivity index (χ0) is 15.6. The predicted octanol–water partition coefficient (Wildman–Crippen LogP) is 4.96. The van der Waals surface area contributed by atoms with E-state index in [4.69, 9.17) is 0 Å². The summed E-state index contributed by atoms with van der Waals surface area (Å²) in [5.41, 5.74) is 0.275. The van der Waals surface area contributed by atoms with E-state index >= 15 is 0 Å². The van der Waals surface area contributed by atoms with Gasteiger partial charge in [-0.3, -0.25) is 10.1 Å². The molecule has 0 aliphatic heterocycles. The molecule has 2 aromatic carbocycles. The summed E-state index contributed by atoms with van der Waals surface area (Å²) in [6, 6.07) is 8.94. The lowest BCUT2D eigenvalue weighted by molar-refractivity contribution is -0.385. The van der Waals surface area contributed by atoms with E-state index in [-0.39, 0.29) is 5.69 Å². The summed E-state index contributed by atoms with van der Waals surface area (Å²) >= 11 is 1.83. The summed E-state index contributed by atoms with van der Waals surface area (Å²) in [7, 11) is 0. The number of nitro groups is 1. The van der Waals surface area contributed by atoms with Gasteiger partial charge in [-0.05, 0) is 59.0 Å². The van der Waals surface area contributed by atoms with E-state index < -0.39 is 16.7 Å². The van der Waals surface area contributed by atoms with Gasteiger partial charge in [0.2, 0.25) is 0 Å². The third-order valence-corrected chi connectivity index (χ3v) is 3.51. The first-order valence-electron chi connectivity index (χ1n) is 5.65. The zero-order valence-electron chi connectivity index (χ0n) is 10.3. The van der Waals surface area contributed by atoms with Gasteiger partial charge in [0, 0.05) is 17.4 Å². The lowest BCUT2D eigenvalue weighted by Gasteiger charge is -2.10. The highest BCUT2D eigenvalue weighted by Crippen LogP contribution is 2.31. The van der Waals surface area contributed by atoms with Crippen LogP contribution >= 0.6 is 22.6 Å². The molecule has 0 atom stereocenters. The van der Waals surface area contributed by atoms with E-state index in [2.05, 4.69) is 5.32 Å². The topological polar surface area (TPSA) is 55.2 Å². The first kappa shape index (κ1) is 15.5. The molecule has 0 radical (unpaired) electrons. The highest BCUT2D eigenvalue weighted by molar-refractivity contribution is 14.1. The molecule has 110 valence electrons. The minimum absolute atomic E-state index is 0.0198. The number of nitro benzene ring substituents is 1. The predicted molar refractivity (Wildman–Crippen MR) is 80.5 cm³/mol. The fraction of sp³-hybridized carbons (Fsp3) is 0.0769. The first-order valence-corrected chi connectivity index (χ1v) is 6.73. The Morgan fingerprint density at radius 2 is 1.62 bits per heavy atom. The van der Waals surface area contributed by atoms with Gasteiger partial charge in [-0.2, -0.15) is 13.2 Å². The molecule has 0 aliphatic carbocycles. The molecular weight excluding hydrogens is 400 g/mol. The van der Waals surface area contributed by atoms with E-state index in [1.54, 1.807) is 6.07 Å². The van der Waals surface area contributed by atoms with E-state index in [1.807, 2.05) is 22.6 Å². The first-order chi connectivity index (χ1) is 9.77. The number of hydrogen-bond donors (Lipinski definition) is 1. The van der Waals surface area contributed by atoms with Crippen LogP contribution in [0.4, 0.5) is 30.2 Å². The van der Waals surface area contributed by atoms with Crippen LogP contribution in [0, 0.1) is 13.7 Å². The van der Waals surface area contributed by atoms with Crippen molar-refractivity contribution in [1.82, 2.24) is 0 Å². The van der Waals surface area contributed by atoms with Crippen molar-refractivity contribution in [2.75, 3.05) is 5.32 Å². The largest absolute Gasteiger partial charge is 0.416 e. The molecule has 0 saturated carbocycles. The molecule has 0 aromatic heterocycles. The second-order valence-electron chi connectivity index (χ2n) is 4.12. The van der Waals surface area contributed by atoms with E-state index in [1.165, 1.54) is 24.3 Å². The molecule has 8 heteroatoms. The Kier molecular flexibility index (Phi) is 4.35. The number of nitrogens with zero attached hydrogens (tertiary/aromatic N) is 1. The summed E-state index contributed by atoms with van der Waals surface area (Å²) in [5.74, 6) is 0. The van der Waals surface area contributed by atoms with Crippen LogP contribution in [0.5, 0.6) is 0 Å². The maximum absolute atomic E-state index is 12.4. The van der Waals surface area contributed by atoms with Crippen molar-refractivity contribution in [3.63, 3.8) is 0 Å². The lowest BCUT2D eigenvalue weighted by Crippen LogP contribution is -2.04. The summed E-state index contributed by atoms with van der Waals surface area (Å²) in [5, 5.41) is 13.6. The summed E-state index contributed by atoms with van der Waals surface area (Å²) < 4.78 is 37.7. The molecule has 0 bridgehead atoms. The third-order valence-electron chi connectivity index (χ3n) is 2.65. The molecule has 0 unspecified atom stereocenters. The fourth-order valence-corrected chi connectivity index (χ4v) is 2.35. The van der Waals surface area contributed by atoms with Crippen molar-refractivity contribution >= 4 is 39.7 Å². The molecule has 2 rings (SSSR count). The highest BCUT2D eigenvalue weighted by atomic mass is 127. The molecule has 21 heavy (non-hydrogen) atoms. The van der Waals surface area contributed by atoms with Crippen LogP contribution < -0.4 is 5.32 Å². The maximum Gasteiger partial charge on any atom is 0.416 e. The Hall–Kier alpha value is -1.84. The molecule has 0 amide bonds. The molecule has 0 fully saturated rings. The average Bonchev–Trinajstić information content (AvgIpc) is 2.38. The van der Waals surface area contributed by atoms with Crippen LogP contribution in [-0.2, 0) is 6.18 Å². The number of rotatable bonds is 3. The van der Waals surface area contributed by atoms with E-state index in [0.717, 1.165) is 12.1 Å². The summed E-state index contributed by atoms with van der Waals surface area (Å²) in [6.07, 6.45) is -4.37. The molecule has 0 heterocycles. The summed E-state index contributed by atoms with van der Waals surface area (Å²) in [6.45, 7) is 0. The van der Waals surface area contributed by atoms with E-state index in [9.17, 15) is 23.3 Å². The van der Waals surface area contributed by atoms with Gasteiger partial charge >= 0.3 is 6.18 Å². The highest BCUT2D eigenvalue weighted by Gasteiger charge is 2.29. The van der Waals surface area contributed by atoms with Crippen LogP contribution in [0.2, 0.25) is 0 Å². The normalized spacial score (nSPS) is 11.2. The summed E-state index contributed by atoms with van der Waals surface area (Å²) in [4.78, 5) is 10.2. The SMILES string of the molecule is O=[N+]([O-])c1ccc(Nc2ccc(C(F)(F)F)cc2)cc1I. The Balaban J connectivity index is 2.19. The molecular formula is C13H8F3IN2O2. The van der Waals surface area contributed by atoms with Gasteiger partial charge in [-0.1, -0.05) is 0 Å². The van der Waals surface area contributed by atoms with Gasteiger partial charge in [0.15, 0.2) is 0 Å². The Bertz CT molecular complexity index is 672. The van der Waals surface area contributed by atoms with Crippen LogP contribution in [0.15, 0.2) is 42.5 Å². The zero-order valence-corrected chi connectivity index (χ0v) is 12.5. The number of anilines is 2. The van der Waals surface area contributed by atoms with Crippen molar-refractivity contribution in [3.05, 3.63) is 61.7 Å². The Labute approximate surface area is 131 Å². The van der Waals surface area contributed by atoms with Crippen LogP contribution in [0.3, 0.4) is 0 Å². The van der Waals surface area contributed by atoms with Gasteiger partial charge in [-0.15, -0.1) is 0 Å². The Morgan fingerprint density at radius 3 is 2.10 bits per heavy atom. The maximum atomic E-state index is 12.4. The minimum atomic E-state index is -4.37. The monoisotopic (exact) mass is 408 g/mol. The molecule has 4 nitrogen and oxygen atoms in total. The van der Waals surface area contributed by atoms with Crippen LogP contribution in [0.1, 0.15) is 5.56 Å². The standard InChI is InChI=1S/C13H8F3IN2O2/c14-13(15,16)8-1-3-9(4-2-8)18-10-5-6-12(19(20)21)11(17)7-10/h1-7,18H. The number of hydrogen-bond acceptors (Lipinski definition) is 3. The number of halogens is 4. The minimum Gasteiger partial charge on any atom is -0.355 e. The second kappa shape index (κ2) is 5.88. The average molecular weight is 408 g/mol. The fourth-order valence-electron chi connectivity index (χ4n) is 1.64. The third kappa shape index (κ3) is 3.84. The van der Waals surface area contributed by atoms with Gasteiger partial charge in [-0.25, -0.2) is 0 Å². The molecule has 2 aromatic rings. The van der Waals surface area contributed by atoms with Gasteiger partial charge < -0.3 is 5.32 Å². The van der Waals surface area contributed by atoms with Gasteiger partial charge in [0.25, 0.3) is 5.69 Å². The second-order valence-corrected chi connectivity index (χ2v) is 5.29. The molecule has 0 aliphatic rings. The smallest absolute Gasteiger partial charge is 0.355 e. The quantitative estimate of drug-likeness (QED) is 0.444. The van der Waals surface area contributed by atoms with Crippen LogP contribution in [-0.4, -0.2) is 4.92 Å². The lowest BCUT2D eigenvalue weighted by atomic mass is 10.2. The van der Waals surface area contributed by atoms with Crippen molar-refractivity contribution < 1.29 is 18.1 Å². The number of alkyl halides is 3. The van der Waals surface area contributed by atoms with Crippen LogP contribution in [0.25, 0.3) is 0 Å². The van der Waals surface area contributed by atoms with Crippen molar-refractivity contribution in [1.29, 1.82) is 0 Å². The van der Waals surface area contributed by atoms with Crippen molar-refractivity contribution in [2.24, 2.45) is 0 Å².